The van der Waals surface area contributed by atoms with E-state index in [1.165, 1.54) is 0 Å². The van der Waals surface area contributed by atoms with Gasteiger partial charge in [0, 0.05) is 17.3 Å². The van der Waals surface area contributed by atoms with Gasteiger partial charge in [-0.25, -0.2) is 4.79 Å². The van der Waals surface area contributed by atoms with E-state index in [1.54, 1.807) is 24.3 Å². The number of nitrogens with zero attached hydrogens (tertiary/aromatic N) is 3. The summed E-state index contributed by atoms with van der Waals surface area (Å²) in [5, 5.41) is 15.8. The molecule has 108 valence electrons. The van der Waals surface area contributed by atoms with Gasteiger partial charge in [-0.05, 0) is 29.8 Å². The van der Waals surface area contributed by atoms with E-state index in [9.17, 15) is 4.79 Å². The lowest BCUT2D eigenvalue weighted by Gasteiger charge is -2.02. The van der Waals surface area contributed by atoms with Crippen molar-refractivity contribution in [2.75, 3.05) is 0 Å². The fraction of sp³-hybridized carbons (Fsp3) is 0.0588. The van der Waals surface area contributed by atoms with Gasteiger partial charge in [0.2, 0.25) is 0 Å². The molecule has 0 radical (unpaired) electrons. The Morgan fingerprint density at radius 1 is 1.14 bits per heavy atom. The minimum Gasteiger partial charge on any atom is -0.295 e. The van der Waals surface area contributed by atoms with E-state index in [2.05, 4.69) is 17.0 Å². The molecule has 5 nitrogen and oxygen atoms in total. The SMILES string of the molecule is C=C(Cc1ccccc1)C(=O)ON=Nc1ccc(C#N)cc1. The molecule has 0 aromatic heterocycles. The molecule has 0 amide bonds. The van der Waals surface area contributed by atoms with Crippen molar-refractivity contribution in [2.24, 2.45) is 10.4 Å². The average Bonchev–Trinajstić information content (AvgIpc) is 2.56. The molecule has 0 saturated carbocycles. The fourth-order valence-electron chi connectivity index (χ4n) is 1.69. The summed E-state index contributed by atoms with van der Waals surface area (Å²) in [5.74, 6) is -0.624. The summed E-state index contributed by atoms with van der Waals surface area (Å²) in [7, 11) is 0. The number of carbonyl (C=O) groups is 1. The molecule has 22 heavy (non-hydrogen) atoms. The van der Waals surface area contributed by atoms with Crippen LogP contribution in [0.1, 0.15) is 11.1 Å². The zero-order valence-corrected chi connectivity index (χ0v) is 11.8. The lowest BCUT2D eigenvalue weighted by molar-refractivity contribution is -0.140. The van der Waals surface area contributed by atoms with E-state index < -0.39 is 5.97 Å². The van der Waals surface area contributed by atoms with Gasteiger partial charge in [0.15, 0.2) is 0 Å². The van der Waals surface area contributed by atoms with E-state index in [1.807, 2.05) is 36.4 Å². The minimum atomic E-state index is -0.624. The second kappa shape index (κ2) is 7.50. The topological polar surface area (TPSA) is 74.8 Å². The predicted octanol–water partition coefficient (Wildman–Crippen LogP) is 3.90. The summed E-state index contributed by atoms with van der Waals surface area (Å²) >= 11 is 0. The van der Waals surface area contributed by atoms with Gasteiger partial charge >= 0.3 is 5.97 Å². The van der Waals surface area contributed by atoms with Crippen LogP contribution in [0.25, 0.3) is 0 Å². The quantitative estimate of drug-likeness (QED) is 0.476. The first-order chi connectivity index (χ1) is 10.7. The first-order valence-electron chi connectivity index (χ1n) is 6.53. The molecular weight excluding hydrogens is 278 g/mol. The summed E-state index contributed by atoms with van der Waals surface area (Å²) in [6.45, 7) is 3.69. The third kappa shape index (κ3) is 4.39. The van der Waals surface area contributed by atoms with E-state index >= 15 is 0 Å². The normalized spacial score (nSPS) is 10.1. The van der Waals surface area contributed by atoms with Crippen molar-refractivity contribution in [3.05, 3.63) is 77.9 Å². The van der Waals surface area contributed by atoms with Gasteiger partial charge < -0.3 is 0 Å². The molecule has 0 aliphatic carbocycles. The number of rotatable bonds is 5. The molecule has 2 rings (SSSR count). The monoisotopic (exact) mass is 291 g/mol. The molecule has 0 saturated heterocycles. The summed E-state index contributed by atoms with van der Waals surface area (Å²) in [5.41, 5.74) is 2.27. The Morgan fingerprint density at radius 3 is 2.45 bits per heavy atom. The summed E-state index contributed by atoms with van der Waals surface area (Å²) < 4.78 is 0. The molecule has 5 heteroatoms. The Labute approximate surface area is 128 Å². The van der Waals surface area contributed by atoms with Crippen LogP contribution in [0, 0.1) is 11.3 Å². The van der Waals surface area contributed by atoms with Crippen LogP contribution in [0.15, 0.2) is 77.1 Å². The van der Waals surface area contributed by atoms with Crippen molar-refractivity contribution >= 4 is 11.7 Å². The zero-order valence-electron chi connectivity index (χ0n) is 11.8. The van der Waals surface area contributed by atoms with Crippen LogP contribution in [-0.2, 0) is 16.1 Å². The molecule has 0 unspecified atom stereocenters. The Bertz CT molecular complexity index is 729. The van der Waals surface area contributed by atoms with Crippen molar-refractivity contribution in [1.82, 2.24) is 0 Å². The van der Waals surface area contributed by atoms with E-state index in [-0.39, 0.29) is 0 Å². The van der Waals surface area contributed by atoms with Gasteiger partial charge in [0.05, 0.1) is 17.3 Å². The van der Waals surface area contributed by atoms with Gasteiger partial charge in [0.25, 0.3) is 0 Å². The average molecular weight is 291 g/mol. The molecule has 0 atom stereocenters. The molecule has 0 heterocycles. The van der Waals surface area contributed by atoms with Crippen LogP contribution in [0.3, 0.4) is 0 Å². The highest BCUT2D eigenvalue weighted by molar-refractivity contribution is 5.88. The maximum Gasteiger partial charge on any atom is 0.363 e. The Hall–Kier alpha value is -3.26. The predicted molar refractivity (Wildman–Crippen MR) is 81.1 cm³/mol. The zero-order chi connectivity index (χ0) is 15.8. The molecule has 0 N–H and O–H groups in total. The van der Waals surface area contributed by atoms with Gasteiger partial charge in [-0.15, -0.1) is 5.11 Å². The number of hydrogen-bond acceptors (Lipinski definition) is 5. The Morgan fingerprint density at radius 2 is 1.82 bits per heavy atom. The maximum atomic E-state index is 11.7. The van der Waals surface area contributed by atoms with Gasteiger partial charge in [-0.2, -0.15) is 5.26 Å². The van der Waals surface area contributed by atoms with Crippen LogP contribution < -0.4 is 0 Å². The fourth-order valence-corrected chi connectivity index (χ4v) is 1.69. The van der Waals surface area contributed by atoms with E-state index in [0.717, 1.165) is 5.56 Å². The van der Waals surface area contributed by atoms with E-state index in [0.29, 0.717) is 23.2 Å². The highest BCUT2D eigenvalue weighted by Gasteiger charge is 2.09. The maximum absolute atomic E-state index is 11.7. The van der Waals surface area contributed by atoms with Crippen LogP contribution in [0.5, 0.6) is 0 Å². The molecule has 0 fully saturated rings. The summed E-state index contributed by atoms with van der Waals surface area (Å²) in [4.78, 5) is 16.4. The van der Waals surface area contributed by atoms with Crippen molar-refractivity contribution in [2.45, 2.75) is 6.42 Å². The van der Waals surface area contributed by atoms with Crippen molar-refractivity contribution in [3.8, 4) is 6.07 Å². The largest absolute Gasteiger partial charge is 0.363 e. The number of hydrogen-bond donors (Lipinski definition) is 0. The Balaban J connectivity index is 1.87. The second-order valence-electron chi connectivity index (χ2n) is 4.49. The molecule has 2 aromatic carbocycles. The van der Waals surface area contributed by atoms with Crippen LogP contribution in [0.2, 0.25) is 0 Å². The molecular formula is C17H13N3O2. The highest BCUT2D eigenvalue weighted by Crippen LogP contribution is 2.14. The smallest absolute Gasteiger partial charge is 0.295 e. The highest BCUT2D eigenvalue weighted by atomic mass is 16.7. The first kappa shape index (κ1) is 15.1. The number of nitriles is 1. The standard InChI is InChI=1S/C17H13N3O2/c1-13(11-14-5-3-2-4-6-14)17(21)22-20-19-16-9-7-15(12-18)8-10-16/h2-10H,1,11H2. The lowest BCUT2D eigenvalue weighted by Crippen LogP contribution is -2.05. The van der Waals surface area contributed by atoms with Crippen LogP contribution in [-0.4, -0.2) is 5.97 Å². The molecule has 0 spiro atoms. The third-order valence-corrected chi connectivity index (χ3v) is 2.83. The minimum absolute atomic E-state index is 0.296. The second-order valence-corrected chi connectivity index (χ2v) is 4.49. The Kier molecular flexibility index (Phi) is 5.16. The van der Waals surface area contributed by atoms with Crippen LogP contribution >= 0.6 is 0 Å². The molecule has 0 aliphatic heterocycles. The molecule has 0 aliphatic rings. The molecule has 0 bridgehead atoms. The van der Waals surface area contributed by atoms with E-state index in [4.69, 9.17) is 10.1 Å². The van der Waals surface area contributed by atoms with Crippen molar-refractivity contribution < 1.29 is 9.63 Å². The summed E-state index contributed by atoms with van der Waals surface area (Å²) in [6, 6.07) is 17.9. The lowest BCUT2D eigenvalue weighted by atomic mass is 10.1. The first-order valence-corrected chi connectivity index (χ1v) is 6.53. The molecule has 2 aromatic rings. The summed E-state index contributed by atoms with van der Waals surface area (Å²) in [6.07, 6.45) is 0.395. The van der Waals surface area contributed by atoms with Gasteiger partial charge in [-0.1, -0.05) is 36.9 Å². The third-order valence-electron chi connectivity index (χ3n) is 2.83. The van der Waals surface area contributed by atoms with Crippen molar-refractivity contribution in [1.29, 1.82) is 5.26 Å². The number of carbonyl (C=O) groups excluding carboxylic acids is 1. The van der Waals surface area contributed by atoms with Crippen LogP contribution in [0.4, 0.5) is 5.69 Å². The number of benzene rings is 2. The van der Waals surface area contributed by atoms with Crippen molar-refractivity contribution in [3.63, 3.8) is 0 Å². The van der Waals surface area contributed by atoms with Gasteiger partial charge in [-0.3, -0.25) is 4.84 Å². The van der Waals surface area contributed by atoms with Gasteiger partial charge in [0.1, 0.15) is 0 Å².